The van der Waals surface area contributed by atoms with Crippen LogP contribution in [0.4, 0.5) is 11.6 Å². The molecule has 0 unspecified atom stereocenters. The second kappa shape index (κ2) is 4.91. The summed E-state index contributed by atoms with van der Waals surface area (Å²) in [4.78, 5) is 17.1. The van der Waals surface area contributed by atoms with E-state index >= 15 is 0 Å². The Hall–Kier alpha value is -2.76. The Balaban J connectivity index is 2.42. The van der Waals surface area contributed by atoms with Gasteiger partial charge in [-0.25, -0.2) is 15.0 Å². The molecule has 0 spiro atoms. The fraction of sp³-hybridized carbons (Fsp3) is 0.250. The molecule has 0 radical (unpaired) electrons. The highest BCUT2D eigenvalue weighted by molar-refractivity contribution is 5.95. The molecule has 6 heteroatoms. The van der Waals surface area contributed by atoms with E-state index in [0.717, 1.165) is 22.2 Å². The number of nitrogen functional groups attached to an aromatic ring is 2. The number of aromatic nitrogens is 4. The lowest BCUT2D eigenvalue weighted by Gasteiger charge is -2.25. The van der Waals surface area contributed by atoms with Crippen molar-refractivity contribution in [1.29, 1.82) is 0 Å². The summed E-state index contributed by atoms with van der Waals surface area (Å²) >= 11 is 0. The smallest absolute Gasteiger partial charge is 0.220 e. The second-order valence-electron chi connectivity index (χ2n) is 6.19. The van der Waals surface area contributed by atoms with Gasteiger partial charge in [-0.05, 0) is 17.5 Å². The Labute approximate surface area is 128 Å². The monoisotopic (exact) mass is 294 g/mol. The van der Waals surface area contributed by atoms with Crippen LogP contribution in [0.3, 0.4) is 0 Å². The van der Waals surface area contributed by atoms with Gasteiger partial charge < -0.3 is 11.5 Å². The number of nitrogens with zero attached hydrogens (tertiary/aromatic N) is 4. The molecule has 3 rings (SSSR count). The lowest BCUT2D eigenvalue weighted by molar-refractivity contribution is 0.592. The minimum Gasteiger partial charge on any atom is -0.398 e. The van der Waals surface area contributed by atoms with Crippen LogP contribution in [0.15, 0.2) is 30.7 Å². The van der Waals surface area contributed by atoms with E-state index in [4.69, 9.17) is 16.5 Å². The van der Waals surface area contributed by atoms with Gasteiger partial charge in [0.1, 0.15) is 0 Å². The van der Waals surface area contributed by atoms with Crippen LogP contribution in [-0.4, -0.2) is 19.9 Å². The molecule has 4 N–H and O–H groups in total. The molecule has 112 valence electrons. The van der Waals surface area contributed by atoms with Crippen LogP contribution in [0, 0.1) is 0 Å². The molecule has 0 atom stereocenters. The van der Waals surface area contributed by atoms with Crippen LogP contribution in [0.2, 0.25) is 0 Å². The lowest BCUT2D eigenvalue weighted by atomic mass is 9.83. The van der Waals surface area contributed by atoms with E-state index in [1.165, 1.54) is 0 Å². The SMILES string of the molecule is CC(C)(C)c1c(-c2ccnc(N)n2)nc2cnccc2c1N. The number of anilines is 2. The second-order valence-corrected chi connectivity index (χ2v) is 6.19. The van der Waals surface area contributed by atoms with E-state index in [2.05, 4.69) is 35.7 Å². The molecule has 3 aromatic rings. The topological polar surface area (TPSA) is 104 Å². The molecule has 0 fully saturated rings. The quantitative estimate of drug-likeness (QED) is 0.714. The Morgan fingerprint density at radius 2 is 1.77 bits per heavy atom. The van der Waals surface area contributed by atoms with E-state index < -0.39 is 0 Å². The fourth-order valence-electron chi connectivity index (χ4n) is 2.59. The van der Waals surface area contributed by atoms with Crippen LogP contribution >= 0.6 is 0 Å². The minimum absolute atomic E-state index is 0.191. The summed E-state index contributed by atoms with van der Waals surface area (Å²) in [5.41, 5.74) is 15.7. The molecule has 3 aromatic heterocycles. The van der Waals surface area contributed by atoms with Gasteiger partial charge in [-0.1, -0.05) is 20.8 Å². The number of hydrogen-bond donors (Lipinski definition) is 2. The Morgan fingerprint density at radius 3 is 2.45 bits per heavy atom. The molecule has 3 heterocycles. The van der Waals surface area contributed by atoms with Crippen molar-refractivity contribution >= 4 is 22.5 Å². The van der Waals surface area contributed by atoms with Crippen LogP contribution in [0.1, 0.15) is 26.3 Å². The number of rotatable bonds is 1. The number of hydrogen-bond acceptors (Lipinski definition) is 6. The Bertz CT molecular complexity index is 851. The van der Waals surface area contributed by atoms with Crippen molar-refractivity contribution in [2.45, 2.75) is 26.2 Å². The summed E-state index contributed by atoms with van der Waals surface area (Å²) in [6.45, 7) is 6.30. The van der Waals surface area contributed by atoms with E-state index in [1.54, 1.807) is 24.7 Å². The van der Waals surface area contributed by atoms with Crippen LogP contribution in [0.5, 0.6) is 0 Å². The third kappa shape index (κ3) is 2.32. The molecule has 22 heavy (non-hydrogen) atoms. The van der Waals surface area contributed by atoms with E-state index in [-0.39, 0.29) is 11.4 Å². The highest BCUT2D eigenvalue weighted by Crippen LogP contribution is 2.38. The lowest BCUT2D eigenvalue weighted by Crippen LogP contribution is -2.17. The zero-order valence-corrected chi connectivity index (χ0v) is 12.8. The van der Waals surface area contributed by atoms with Crippen LogP contribution in [0.25, 0.3) is 22.3 Å². The highest BCUT2D eigenvalue weighted by atomic mass is 15.0. The van der Waals surface area contributed by atoms with Crippen molar-refractivity contribution in [2.24, 2.45) is 0 Å². The molecule has 0 aliphatic carbocycles. The van der Waals surface area contributed by atoms with Gasteiger partial charge in [-0.2, -0.15) is 0 Å². The maximum Gasteiger partial charge on any atom is 0.220 e. The average molecular weight is 294 g/mol. The Kier molecular flexibility index (Phi) is 3.16. The standard InChI is InChI=1S/C16H18N6/c1-16(2,3)12-13(17)9-4-6-19-8-11(9)21-14(12)10-5-7-20-15(18)22-10/h4-8H,1-3H3,(H2,17,21)(H2,18,20,22). The molecular formula is C16H18N6. The highest BCUT2D eigenvalue weighted by Gasteiger charge is 2.25. The fourth-order valence-corrected chi connectivity index (χ4v) is 2.59. The largest absolute Gasteiger partial charge is 0.398 e. The predicted octanol–water partition coefficient (Wildman–Crippen LogP) is 2.55. The van der Waals surface area contributed by atoms with Crippen LogP contribution in [-0.2, 0) is 5.41 Å². The van der Waals surface area contributed by atoms with E-state index in [1.807, 2.05) is 6.07 Å². The normalized spacial score (nSPS) is 11.8. The number of pyridine rings is 2. The summed E-state index contributed by atoms with van der Waals surface area (Å²) in [7, 11) is 0. The van der Waals surface area contributed by atoms with Gasteiger partial charge in [-0.15, -0.1) is 0 Å². The van der Waals surface area contributed by atoms with Gasteiger partial charge in [-0.3, -0.25) is 4.98 Å². The summed E-state index contributed by atoms with van der Waals surface area (Å²) in [5.74, 6) is 0.212. The first-order valence-electron chi connectivity index (χ1n) is 7.00. The van der Waals surface area contributed by atoms with Gasteiger partial charge in [0.05, 0.1) is 23.1 Å². The third-order valence-electron chi connectivity index (χ3n) is 3.50. The molecule has 6 nitrogen and oxygen atoms in total. The maximum absolute atomic E-state index is 6.44. The molecule has 0 aromatic carbocycles. The zero-order valence-electron chi connectivity index (χ0n) is 12.8. The zero-order chi connectivity index (χ0) is 15.9. The van der Waals surface area contributed by atoms with Crippen molar-refractivity contribution in [3.8, 4) is 11.4 Å². The number of fused-ring (bicyclic) bond motifs is 1. The van der Waals surface area contributed by atoms with Gasteiger partial charge in [0.15, 0.2) is 0 Å². The van der Waals surface area contributed by atoms with Gasteiger partial charge in [0.25, 0.3) is 0 Å². The van der Waals surface area contributed by atoms with Crippen molar-refractivity contribution < 1.29 is 0 Å². The molecular weight excluding hydrogens is 276 g/mol. The third-order valence-corrected chi connectivity index (χ3v) is 3.50. The first kappa shape index (κ1) is 14.2. The first-order chi connectivity index (χ1) is 10.4. The minimum atomic E-state index is -0.191. The van der Waals surface area contributed by atoms with Gasteiger partial charge in [0, 0.05) is 29.0 Å². The van der Waals surface area contributed by atoms with Crippen molar-refractivity contribution in [3.63, 3.8) is 0 Å². The molecule has 0 amide bonds. The molecule has 0 bridgehead atoms. The molecule has 0 aliphatic heterocycles. The predicted molar refractivity (Wildman–Crippen MR) is 88.1 cm³/mol. The first-order valence-corrected chi connectivity index (χ1v) is 7.00. The van der Waals surface area contributed by atoms with E-state index in [0.29, 0.717) is 11.4 Å². The molecule has 0 saturated carbocycles. The van der Waals surface area contributed by atoms with E-state index in [9.17, 15) is 0 Å². The average Bonchev–Trinajstić information content (AvgIpc) is 2.45. The summed E-state index contributed by atoms with van der Waals surface area (Å²) in [5, 5.41) is 0.894. The molecule has 0 aliphatic rings. The summed E-state index contributed by atoms with van der Waals surface area (Å²) in [6, 6.07) is 3.67. The number of nitrogens with two attached hydrogens (primary N) is 2. The van der Waals surface area contributed by atoms with Crippen molar-refractivity contribution in [3.05, 3.63) is 36.3 Å². The van der Waals surface area contributed by atoms with Gasteiger partial charge >= 0.3 is 0 Å². The Morgan fingerprint density at radius 1 is 1.00 bits per heavy atom. The maximum atomic E-state index is 6.44. The van der Waals surface area contributed by atoms with Crippen molar-refractivity contribution in [1.82, 2.24) is 19.9 Å². The van der Waals surface area contributed by atoms with Crippen molar-refractivity contribution in [2.75, 3.05) is 11.5 Å². The summed E-state index contributed by atoms with van der Waals surface area (Å²) in [6.07, 6.45) is 5.04. The summed E-state index contributed by atoms with van der Waals surface area (Å²) < 4.78 is 0. The molecule has 0 saturated heterocycles. The van der Waals surface area contributed by atoms with Crippen LogP contribution < -0.4 is 11.5 Å². The van der Waals surface area contributed by atoms with Gasteiger partial charge in [0.2, 0.25) is 5.95 Å².